The molecule has 0 amide bonds. The predicted octanol–water partition coefficient (Wildman–Crippen LogP) is 12.0. The smallest absolute Gasteiger partial charge is 0.339 e. The number of esters is 2. The molecule has 4 spiro atoms. The first kappa shape index (κ1) is 44.9. The SMILES string of the molecule is C[C@H]1CC2=C3[C@@H]4C5=C6C=C(Cc7cccc8c7C=C[C@H](CC8)C[C@H]7[C@]68C(=O)OC(=C(O)C[C@@H](C[C@@H]6CCCCC69CCCC9)N6C[C@H]9C[C@@H](C6)[C@H](CC2)N3C9)[C@@]8(CC5)[C@]72OC(=O)c3c(CCCN)cccc32)[C@@H]41. The summed E-state index contributed by atoms with van der Waals surface area (Å²) in [6, 6.07) is 14.1. The first-order valence-corrected chi connectivity index (χ1v) is 29.8. The molecule has 3 saturated carbocycles. The van der Waals surface area contributed by atoms with Gasteiger partial charge in [-0.25, -0.2) is 4.79 Å². The number of rotatable bonds is 5. The summed E-state index contributed by atoms with van der Waals surface area (Å²) < 4.78 is 14.7. The number of allylic oxidation sites excluding steroid dienone is 5. The number of aliphatic hydroxyl groups is 1. The Morgan fingerprint density at radius 2 is 1.74 bits per heavy atom. The molecule has 0 radical (unpaired) electrons. The van der Waals surface area contributed by atoms with Crippen LogP contribution in [0.5, 0.6) is 0 Å². The van der Waals surface area contributed by atoms with Gasteiger partial charge in [-0.05, 0) is 184 Å². The molecule has 73 heavy (non-hydrogen) atoms. The van der Waals surface area contributed by atoms with Gasteiger partial charge in [0.25, 0.3) is 0 Å². The second-order valence-electron chi connectivity index (χ2n) is 26.9. The molecule has 19 rings (SSSR count). The van der Waals surface area contributed by atoms with E-state index in [0.29, 0.717) is 84.6 Å². The van der Waals surface area contributed by atoms with E-state index in [9.17, 15) is 5.11 Å². The third-order valence-electron chi connectivity index (χ3n) is 24.0. The van der Waals surface area contributed by atoms with Crippen molar-refractivity contribution in [2.24, 2.45) is 69.3 Å². The molecule has 2 aromatic carbocycles. The van der Waals surface area contributed by atoms with Gasteiger partial charge in [0.1, 0.15) is 11.2 Å². The molecule has 3 saturated heterocycles. The first-order chi connectivity index (χ1) is 35.7. The molecule has 0 aromatic heterocycles. The van der Waals surface area contributed by atoms with E-state index in [1.54, 1.807) is 11.3 Å². The number of carbonyl (C=O) groups excluding carboxylic acids is 2. The maximum absolute atomic E-state index is 16.6. The standard InChI is InChI=1S/C65H77N3O5/c1-37-27-43-18-20-52-45-28-39-34-67(36-45)47(32-46-13-2-3-22-62(46)23-4-5-24-62)33-53(69)59-63-25-21-49-51-31-44(55(37)57(49)58(43)68(52)35-39)30-42-11-6-9-40-17-15-38(16-19-48(40)42)29-54(64(51,63)61(71)72-59)65(63)50-14-7-10-41(12-8-26-66)56(50)60(70)73-65/h6-7,9-11,14,16,19,31,37-39,45-47,52,54-55,57,69H,2-5,8,12-13,15,17-18,20-30,32-36,66H2,1H3/t37-,38-,39+,45-,46-,47+,52-,54-,55-,57+,63+,64-,65+/m0/s1. The van der Waals surface area contributed by atoms with E-state index in [1.165, 1.54) is 104 Å². The molecule has 3 N–H and O–H groups in total. The van der Waals surface area contributed by atoms with Crippen molar-refractivity contribution in [3.63, 3.8) is 0 Å². The number of aliphatic hydroxyl groups excluding tert-OH is 1. The van der Waals surface area contributed by atoms with Crippen LogP contribution in [-0.2, 0) is 39.1 Å². The monoisotopic (exact) mass is 980 g/mol. The highest BCUT2D eigenvalue weighted by Gasteiger charge is 2.93. The Bertz CT molecular complexity index is 2930. The summed E-state index contributed by atoms with van der Waals surface area (Å²) in [5.41, 5.74) is 17.3. The van der Waals surface area contributed by atoms with Gasteiger partial charge in [-0.15, -0.1) is 0 Å². The molecule has 1 unspecified atom stereocenters. The van der Waals surface area contributed by atoms with Crippen LogP contribution < -0.4 is 5.73 Å². The number of ether oxygens (including phenoxy) is 2. The molecule has 9 aliphatic heterocycles. The van der Waals surface area contributed by atoms with Gasteiger partial charge < -0.3 is 25.2 Å². The van der Waals surface area contributed by atoms with Crippen LogP contribution in [0.2, 0.25) is 0 Å². The summed E-state index contributed by atoms with van der Waals surface area (Å²) in [7, 11) is 0. The molecule has 8 nitrogen and oxygen atoms in total. The molecule has 15 bridgehead atoms. The minimum Gasteiger partial charge on any atom is -0.509 e. The zero-order chi connectivity index (χ0) is 48.8. The van der Waals surface area contributed by atoms with Crippen molar-refractivity contribution in [2.75, 3.05) is 26.2 Å². The lowest BCUT2D eigenvalue weighted by molar-refractivity contribution is -0.277. The van der Waals surface area contributed by atoms with E-state index in [1.807, 2.05) is 0 Å². The third kappa shape index (κ3) is 5.67. The van der Waals surface area contributed by atoms with Crippen molar-refractivity contribution in [1.29, 1.82) is 0 Å². The summed E-state index contributed by atoms with van der Waals surface area (Å²) in [6.07, 6.45) is 30.8. The molecule has 9 heterocycles. The lowest BCUT2D eigenvalue weighted by atomic mass is 9.28. The van der Waals surface area contributed by atoms with Crippen LogP contribution in [-0.4, -0.2) is 65.1 Å². The molecule has 17 aliphatic rings. The van der Waals surface area contributed by atoms with Gasteiger partial charge in [-0.2, -0.15) is 0 Å². The number of nitrogens with zero attached hydrogens (tertiary/aromatic N) is 2. The fourth-order valence-corrected chi connectivity index (χ4v) is 21.6. The Kier molecular flexibility index (Phi) is 9.73. The lowest BCUT2D eigenvalue weighted by Gasteiger charge is -2.71. The third-order valence-corrected chi connectivity index (χ3v) is 24.0. The summed E-state index contributed by atoms with van der Waals surface area (Å²) >= 11 is 0. The van der Waals surface area contributed by atoms with Crippen LogP contribution >= 0.6 is 0 Å². The lowest BCUT2D eigenvalue weighted by Crippen LogP contribution is -2.77. The van der Waals surface area contributed by atoms with Crippen molar-refractivity contribution < 1.29 is 24.2 Å². The number of aryl methyl sites for hydroxylation is 2. The van der Waals surface area contributed by atoms with Crippen molar-refractivity contribution in [1.82, 2.24) is 9.80 Å². The highest BCUT2D eigenvalue weighted by Crippen LogP contribution is 2.87. The number of carbonyl (C=O) groups is 2. The van der Waals surface area contributed by atoms with Gasteiger partial charge >= 0.3 is 11.9 Å². The van der Waals surface area contributed by atoms with Crippen LogP contribution in [0.3, 0.4) is 0 Å². The van der Waals surface area contributed by atoms with Gasteiger partial charge in [0.15, 0.2) is 11.4 Å². The van der Waals surface area contributed by atoms with Gasteiger partial charge in [-0.1, -0.05) is 104 Å². The maximum atomic E-state index is 16.6. The Labute approximate surface area is 433 Å². The number of fused-ring (bicyclic) bond motifs is 5. The Balaban J connectivity index is 0.981. The zero-order valence-corrected chi connectivity index (χ0v) is 43.4. The second kappa shape index (κ2) is 15.8. The van der Waals surface area contributed by atoms with E-state index in [4.69, 9.17) is 15.2 Å². The number of hydrogen-bond acceptors (Lipinski definition) is 8. The molecule has 8 heteroatoms. The van der Waals surface area contributed by atoms with Gasteiger partial charge in [-0.3, -0.25) is 9.69 Å². The van der Waals surface area contributed by atoms with Gasteiger partial charge in [0.2, 0.25) is 0 Å². The Morgan fingerprint density at radius 3 is 2.62 bits per heavy atom. The molecule has 382 valence electrons. The molecular weight excluding hydrogens is 903 g/mol. The van der Waals surface area contributed by atoms with Crippen molar-refractivity contribution in [2.45, 2.75) is 166 Å². The fourth-order valence-electron chi connectivity index (χ4n) is 21.6. The quantitative estimate of drug-likeness (QED) is 0.286. The summed E-state index contributed by atoms with van der Waals surface area (Å²) in [5, 5.41) is 13.8. The Morgan fingerprint density at radius 1 is 0.890 bits per heavy atom. The summed E-state index contributed by atoms with van der Waals surface area (Å²) in [5.74, 6) is 2.68. The zero-order valence-electron chi connectivity index (χ0n) is 43.4. The van der Waals surface area contributed by atoms with Crippen LogP contribution in [0.4, 0.5) is 0 Å². The number of piperidine rings is 2. The maximum Gasteiger partial charge on any atom is 0.339 e. The van der Waals surface area contributed by atoms with Crippen molar-refractivity contribution in [3.8, 4) is 0 Å². The Hall–Kier alpha value is -4.40. The predicted molar refractivity (Wildman–Crippen MR) is 282 cm³/mol. The number of nitrogens with two attached hydrogens (primary N) is 1. The number of hydrogen-bond donors (Lipinski definition) is 2. The molecular formula is C65H77N3O5. The molecule has 2 aromatic rings. The van der Waals surface area contributed by atoms with Crippen LogP contribution in [0.25, 0.3) is 6.08 Å². The highest BCUT2D eigenvalue weighted by atomic mass is 16.6. The van der Waals surface area contributed by atoms with Crippen LogP contribution in [0.1, 0.15) is 167 Å². The van der Waals surface area contributed by atoms with E-state index in [0.717, 1.165) is 75.7 Å². The minimum absolute atomic E-state index is 0.133. The number of benzene rings is 2. The molecule has 8 aliphatic carbocycles. The summed E-state index contributed by atoms with van der Waals surface area (Å²) in [4.78, 5) is 37.8. The van der Waals surface area contributed by atoms with Crippen LogP contribution in [0, 0.1) is 63.6 Å². The van der Waals surface area contributed by atoms with Gasteiger partial charge in [0, 0.05) is 61.2 Å². The molecule has 6 fully saturated rings. The average Bonchev–Trinajstić information content (AvgIpc) is 4.13. The van der Waals surface area contributed by atoms with Crippen molar-refractivity contribution >= 4 is 18.0 Å². The van der Waals surface area contributed by atoms with Crippen LogP contribution in [0.15, 0.2) is 88.1 Å². The second-order valence-corrected chi connectivity index (χ2v) is 26.9. The van der Waals surface area contributed by atoms with Crippen molar-refractivity contribution in [3.05, 3.63) is 121 Å². The highest BCUT2D eigenvalue weighted by molar-refractivity contribution is 6.00. The fraction of sp³-hybridized carbons (Fsp3) is 0.631. The van der Waals surface area contributed by atoms with E-state index < -0.39 is 22.3 Å². The van der Waals surface area contributed by atoms with E-state index >= 15 is 9.59 Å². The van der Waals surface area contributed by atoms with E-state index in [-0.39, 0.29) is 35.6 Å². The minimum atomic E-state index is -1.21. The normalized spacial score (nSPS) is 41.7. The molecule has 14 atom stereocenters. The first-order valence-electron chi connectivity index (χ1n) is 29.8. The topological polar surface area (TPSA) is 105 Å². The van der Waals surface area contributed by atoms with E-state index in [2.05, 4.69) is 71.3 Å². The van der Waals surface area contributed by atoms with Gasteiger partial charge in [0.05, 0.1) is 11.0 Å². The largest absolute Gasteiger partial charge is 0.509 e. The summed E-state index contributed by atoms with van der Waals surface area (Å²) in [6.45, 7) is 6.33. The average molecular weight is 980 g/mol.